The summed E-state index contributed by atoms with van der Waals surface area (Å²) in [5, 5.41) is 8.76. The Morgan fingerprint density at radius 1 is 1.46 bits per heavy atom. The Balaban J connectivity index is 0.00000144. The van der Waals surface area contributed by atoms with Crippen molar-refractivity contribution in [1.82, 2.24) is 0 Å². The van der Waals surface area contributed by atoms with Crippen LogP contribution in [0.25, 0.3) is 0 Å². The van der Waals surface area contributed by atoms with Gasteiger partial charge in [0.05, 0.1) is 5.92 Å². The number of halogens is 3. The van der Waals surface area contributed by atoms with Gasteiger partial charge >= 0.3 is 5.97 Å². The molecule has 0 amide bonds. The predicted molar refractivity (Wildman–Crippen MR) is 55.4 cm³/mol. The summed E-state index contributed by atoms with van der Waals surface area (Å²) in [5.41, 5.74) is -0.207. The maximum absolute atomic E-state index is 10.7. The summed E-state index contributed by atoms with van der Waals surface area (Å²) in [7, 11) is 0. The molecule has 2 nitrogen and oxygen atoms in total. The van der Waals surface area contributed by atoms with Gasteiger partial charge in [-0.1, -0.05) is 37.0 Å². The Labute approximate surface area is 93.3 Å². The molecule has 0 bridgehead atoms. The molecule has 0 aromatic heterocycles. The number of carboxylic acid groups (broad SMARTS) is 1. The molecular formula is C8H11Cl3O2. The summed E-state index contributed by atoms with van der Waals surface area (Å²) in [6.45, 7) is 3.79. The summed E-state index contributed by atoms with van der Waals surface area (Å²) in [6, 6.07) is 0. The van der Waals surface area contributed by atoms with E-state index in [4.69, 9.17) is 28.3 Å². The molecule has 0 heterocycles. The molecular weight excluding hydrogens is 234 g/mol. The average Bonchev–Trinajstić information content (AvgIpc) is 2.32. The second kappa shape index (κ2) is 4.07. The Morgan fingerprint density at radius 2 is 1.92 bits per heavy atom. The second-order valence-electron chi connectivity index (χ2n) is 3.62. The standard InChI is InChI=1S/C8H10Cl2O2.ClH/c1-8(2)4(3-5(9)10)6(8)7(11)12;/h3-4,6H,1-2H3,(H,11,12);1H/t4?,6-;/m0./s1. The Morgan fingerprint density at radius 3 is 2.15 bits per heavy atom. The van der Waals surface area contributed by atoms with Crippen LogP contribution in [0.2, 0.25) is 0 Å². The fraction of sp³-hybridized carbons (Fsp3) is 0.625. The lowest BCUT2D eigenvalue weighted by Crippen LogP contribution is -2.02. The molecule has 2 atom stereocenters. The highest BCUT2D eigenvalue weighted by molar-refractivity contribution is 6.55. The van der Waals surface area contributed by atoms with Crippen molar-refractivity contribution in [3.63, 3.8) is 0 Å². The molecule has 5 heteroatoms. The van der Waals surface area contributed by atoms with Crippen LogP contribution in [0.1, 0.15) is 13.8 Å². The quantitative estimate of drug-likeness (QED) is 0.812. The molecule has 1 aliphatic rings. The molecule has 0 spiro atoms. The van der Waals surface area contributed by atoms with Crippen LogP contribution in [-0.4, -0.2) is 11.1 Å². The fourth-order valence-electron chi connectivity index (χ4n) is 1.60. The van der Waals surface area contributed by atoms with Gasteiger partial charge in [-0.2, -0.15) is 0 Å². The van der Waals surface area contributed by atoms with Crippen LogP contribution in [-0.2, 0) is 4.79 Å². The van der Waals surface area contributed by atoms with Gasteiger partial charge in [0, 0.05) is 0 Å². The highest BCUT2D eigenvalue weighted by Crippen LogP contribution is 2.59. The van der Waals surface area contributed by atoms with Gasteiger partial charge in [-0.05, 0) is 17.4 Å². The minimum absolute atomic E-state index is 0. The normalized spacial score (nSPS) is 28.6. The maximum atomic E-state index is 10.7. The lowest BCUT2D eigenvalue weighted by Gasteiger charge is -1.96. The van der Waals surface area contributed by atoms with Gasteiger partial charge in [0.1, 0.15) is 4.49 Å². The summed E-state index contributed by atoms with van der Waals surface area (Å²) < 4.78 is 0.150. The van der Waals surface area contributed by atoms with Crippen LogP contribution in [0.4, 0.5) is 0 Å². The molecule has 13 heavy (non-hydrogen) atoms. The predicted octanol–water partition coefficient (Wildman–Crippen LogP) is 3.08. The van der Waals surface area contributed by atoms with Crippen molar-refractivity contribution < 1.29 is 9.90 Å². The molecule has 1 fully saturated rings. The van der Waals surface area contributed by atoms with Crippen LogP contribution in [0.15, 0.2) is 10.6 Å². The van der Waals surface area contributed by atoms with Crippen molar-refractivity contribution >= 4 is 41.6 Å². The minimum Gasteiger partial charge on any atom is -0.481 e. The van der Waals surface area contributed by atoms with E-state index in [1.165, 1.54) is 0 Å². The third-order valence-electron chi connectivity index (χ3n) is 2.48. The van der Waals surface area contributed by atoms with Crippen LogP contribution < -0.4 is 0 Å². The first-order chi connectivity index (χ1) is 5.37. The number of hydrogen-bond acceptors (Lipinski definition) is 1. The van der Waals surface area contributed by atoms with Crippen LogP contribution >= 0.6 is 35.6 Å². The van der Waals surface area contributed by atoms with Gasteiger partial charge in [-0.25, -0.2) is 0 Å². The molecule has 1 N–H and O–H groups in total. The topological polar surface area (TPSA) is 37.3 Å². The average molecular weight is 246 g/mol. The van der Waals surface area contributed by atoms with Crippen molar-refractivity contribution in [1.29, 1.82) is 0 Å². The Hall–Kier alpha value is 0.0800. The van der Waals surface area contributed by atoms with E-state index in [0.717, 1.165) is 0 Å². The first kappa shape index (κ1) is 13.1. The van der Waals surface area contributed by atoms with E-state index in [2.05, 4.69) is 0 Å². The molecule has 0 aromatic rings. The van der Waals surface area contributed by atoms with Gasteiger partial charge < -0.3 is 5.11 Å². The number of carbonyl (C=O) groups is 1. The molecule has 1 unspecified atom stereocenters. The van der Waals surface area contributed by atoms with E-state index < -0.39 is 5.97 Å². The van der Waals surface area contributed by atoms with E-state index in [1.807, 2.05) is 13.8 Å². The molecule has 0 saturated heterocycles. The zero-order valence-corrected chi connectivity index (χ0v) is 9.58. The van der Waals surface area contributed by atoms with Crippen LogP contribution in [0, 0.1) is 17.3 Å². The van der Waals surface area contributed by atoms with Crippen molar-refractivity contribution in [2.24, 2.45) is 17.3 Å². The van der Waals surface area contributed by atoms with E-state index in [-0.39, 0.29) is 34.1 Å². The summed E-state index contributed by atoms with van der Waals surface area (Å²) in [4.78, 5) is 10.7. The second-order valence-corrected chi connectivity index (χ2v) is 4.63. The SMILES string of the molecule is CC1(C)C(C=C(Cl)Cl)[C@H]1C(=O)O.Cl. The fourth-order valence-corrected chi connectivity index (χ4v) is 1.87. The van der Waals surface area contributed by atoms with E-state index in [9.17, 15) is 4.79 Å². The van der Waals surface area contributed by atoms with Gasteiger partial charge in [0.15, 0.2) is 0 Å². The molecule has 0 aliphatic heterocycles. The molecule has 0 radical (unpaired) electrons. The van der Waals surface area contributed by atoms with Crippen LogP contribution in [0.5, 0.6) is 0 Å². The van der Waals surface area contributed by atoms with Gasteiger partial charge in [-0.3, -0.25) is 4.79 Å². The Bertz CT molecular complexity index is 244. The molecule has 1 saturated carbocycles. The summed E-state index contributed by atoms with van der Waals surface area (Å²) in [6.07, 6.45) is 1.60. The smallest absolute Gasteiger partial charge is 0.307 e. The zero-order chi connectivity index (χ0) is 9.52. The third kappa shape index (κ3) is 2.52. The molecule has 1 aliphatic carbocycles. The number of rotatable bonds is 2. The zero-order valence-electron chi connectivity index (χ0n) is 7.25. The highest BCUT2D eigenvalue weighted by Gasteiger charge is 2.60. The van der Waals surface area contributed by atoms with E-state index in [1.54, 1.807) is 6.08 Å². The number of aliphatic carboxylic acids is 1. The first-order valence-electron chi connectivity index (χ1n) is 3.63. The minimum atomic E-state index is -0.782. The highest BCUT2D eigenvalue weighted by atomic mass is 35.5. The van der Waals surface area contributed by atoms with Crippen molar-refractivity contribution in [3.8, 4) is 0 Å². The van der Waals surface area contributed by atoms with Gasteiger partial charge in [0.25, 0.3) is 0 Å². The van der Waals surface area contributed by atoms with E-state index >= 15 is 0 Å². The number of allylic oxidation sites excluding steroid dienone is 1. The molecule has 1 rings (SSSR count). The molecule has 76 valence electrons. The lowest BCUT2D eigenvalue weighted by atomic mass is 10.1. The maximum Gasteiger partial charge on any atom is 0.307 e. The molecule has 0 aromatic carbocycles. The summed E-state index contributed by atoms with van der Waals surface area (Å²) >= 11 is 10.9. The van der Waals surface area contributed by atoms with Crippen molar-refractivity contribution in [3.05, 3.63) is 10.6 Å². The van der Waals surface area contributed by atoms with Crippen molar-refractivity contribution in [2.45, 2.75) is 13.8 Å². The largest absolute Gasteiger partial charge is 0.481 e. The number of carboxylic acids is 1. The van der Waals surface area contributed by atoms with Crippen molar-refractivity contribution in [2.75, 3.05) is 0 Å². The van der Waals surface area contributed by atoms with Gasteiger partial charge in [-0.15, -0.1) is 12.4 Å². The van der Waals surface area contributed by atoms with E-state index in [0.29, 0.717) is 0 Å². The number of hydrogen-bond donors (Lipinski definition) is 1. The lowest BCUT2D eigenvalue weighted by molar-refractivity contribution is -0.139. The Kier molecular flexibility index (Phi) is 4.10. The summed E-state index contributed by atoms with van der Waals surface area (Å²) in [5.74, 6) is -1.15. The van der Waals surface area contributed by atoms with Gasteiger partial charge in [0.2, 0.25) is 0 Å². The monoisotopic (exact) mass is 244 g/mol. The van der Waals surface area contributed by atoms with Crippen LogP contribution in [0.3, 0.4) is 0 Å². The first-order valence-corrected chi connectivity index (χ1v) is 4.38. The third-order valence-corrected chi connectivity index (χ3v) is 2.73.